The molecule has 0 aliphatic heterocycles. The Morgan fingerprint density at radius 1 is 0.579 bits per heavy atom. The summed E-state index contributed by atoms with van der Waals surface area (Å²) in [6.45, 7) is 15.1. The summed E-state index contributed by atoms with van der Waals surface area (Å²) in [7, 11) is 0. The Kier molecular flexibility index (Phi) is 4.27. The van der Waals surface area contributed by atoms with Crippen LogP contribution >= 0.6 is 0 Å². The molecule has 0 saturated carbocycles. The Hall–Kier alpha value is -6.15. The molecule has 3 aromatic carbocycles. The van der Waals surface area contributed by atoms with E-state index in [0.29, 0.717) is 44.8 Å². The SMILES string of the molecule is [C-]#[N+]/C(C#N)=C1/c2ccccc2-c2cc3cc4nc5c(nc4cc3nc21)-c1ccccc1/C5=C(/C#N)[N+]#[C-]. The van der Waals surface area contributed by atoms with Gasteiger partial charge in [0.15, 0.2) is 0 Å². The van der Waals surface area contributed by atoms with Crippen LogP contribution in [-0.2, 0) is 0 Å². The van der Waals surface area contributed by atoms with E-state index >= 15 is 0 Å². The standard InChI is InChI=1S/C31H11N7/c1-34-25(14-32)27-18-8-4-3-7-17(18)21-11-16-12-23-24(13-22(16)36-29(21)27)37-30-20-10-6-5-9-19(20)28(31(30)38-23)26(15-33)35-2/h3-13H/b27-25-,28-26+. The van der Waals surface area contributed by atoms with Crippen LogP contribution in [0, 0.1) is 35.8 Å². The van der Waals surface area contributed by atoms with Crippen LogP contribution < -0.4 is 0 Å². The molecular weight excluding hydrogens is 470 g/mol. The highest BCUT2D eigenvalue weighted by molar-refractivity contribution is 6.07. The lowest BCUT2D eigenvalue weighted by atomic mass is 10.0. The molecule has 0 spiro atoms. The van der Waals surface area contributed by atoms with Gasteiger partial charge in [-0.2, -0.15) is 0 Å². The van der Waals surface area contributed by atoms with E-state index in [4.69, 9.17) is 28.1 Å². The number of hydrogen-bond acceptors (Lipinski definition) is 5. The minimum absolute atomic E-state index is 0.00507. The van der Waals surface area contributed by atoms with Crippen molar-refractivity contribution in [2.75, 3.05) is 0 Å². The molecule has 0 saturated heterocycles. The Labute approximate surface area is 216 Å². The first-order chi connectivity index (χ1) is 18.7. The van der Waals surface area contributed by atoms with Crippen LogP contribution in [0.4, 0.5) is 0 Å². The van der Waals surface area contributed by atoms with Crippen LogP contribution in [0.15, 0.2) is 78.1 Å². The molecule has 2 aliphatic rings. The van der Waals surface area contributed by atoms with E-state index < -0.39 is 0 Å². The zero-order valence-electron chi connectivity index (χ0n) is 19.5. The Morgan fingerprint density at radius 3 is 1.76 bits per heavy atom. The van der Waals surface area contributed by atoms with E-state index in [2.05, 4.69) is 9.69 Å². The fourth-order valence-corrected chi connectivity index (χ4v) is 5.33. The number of hydrogen-bond donors (Lipinski definition) is 0. The number of fused-ring (bicyclic) bond motifs is 8. The van der Waals surface area contributed by atoms with Crippen molar-refractivity contribution in [3.63, 3.8) is 0 Å². The van der Waals surface area contributed by atoms with Gasteiger partial charge >= 0.3 is 0 Å². The average Bonchev–Trinajstić information content (AvgIpc) is 3.44. The minimum atomic E-state index is -0.0193. The molecule has 0 fully saturated rings. The van der Waals surface area contributed by atoms with Gasteiger partial charge in [-0.25, -0.2) is 35.2 Å². The van der Waals surface area contributed by atoms with Gasteiger partial charge in [0.05, 0.1) is 58.9 Å². The largest absolute Gasteiger partial charge is 0.271 e. The molecule has 7 rings (SSSR count). The van der Waals surface area contributed by atoms with E-state index in [-0.39, 0.29) is 11.4 Å². The first kappa shape index (κ1) is 21.2. The summed E-state index contributed by atoms with van der Waals surface area (Å²) < 4.78 is 0. The number of rotatable bonds is 0. The minimum Gasteiger partial charge on any atom is -0.248 e. The van der Waals surface area contributed by atoms with Gasteiger partial charge in [0.25, 0.3) is 11.4 Å². The summed E-state index contributed by atoms with van der Waals surface area (Å²) >= 11 is 0. The van der Waals surface area contributed by atoms with Gasteiger partial charge in [-0.15, -0.1) is 0 Å². The van der Waals surface area contributed by atoms with Crippen molar-refractivity contribution in [3.8, 4) is 34.5 Å². The normalized spacial score (nSPS) is 14.8. The Bertz CT molecular complexity index is 1980. The topological polar surface area (TPSA) is 95.0 Å². The maximum Gasteiger partial charge on any atom is 0.271 e. The van der Waals surface area contributed by atoms with E-state index in [9.17, 15) is 10.5 Å². The zero-order valence-corrected chi connectivity index (χ0v) is 19.5. The number of nitriles is 2. The third kappa shape index (κ3) is 2.70. The predicted molar refractivity (Wildman–Crippen MR) is 142 cm³/mol. The van der Waals surface area contributed by atoms with E-state index in [0.717, 1.165) is 33.2 Å². The second-order valence-corrected chi connectivity index (χ2v) is 8.82. The van der Waals surface area contributed by atoms with Crippen LogP contribution in [0.1, 0.15) is 22.5 Å². The molecule has 2 heterocycles. The monoisotopic (exact) mass is 481 g/mol. The van der Waals surface area contributed by atoms with Gasteiger partial charge in [0.2, 0.25) is 0 Å². The van der Waals surface area contributed by atoms with Gasteiger partial charge < -0.3 is 0 Å². The molecule has 7 heteroatoms. The van der Waals surface area contributed by atoms with Crippen molar-refractivity contribution < 1.29 is 0 Å². The lowest BCUT2D eigenvalue weighted by molar-refractivity contribution is 1.27. The fourth-order valence-electron chi connectivity index (χ4n) is 5.33. The fraction of sp³-hybridized carbons (Fsp3) is 0. The Balaban J connectivity index is 1.54. The molecule has 0 amide bonds. The summed E-state index contributed by atoms with van der Waals surface area (Å²) in [5.74, 6) is 0. The highest BCUT2D eigenvalue weighted by atomic mass is 14.9. The van der Waals surface area contributed by atoms with Gasteiger partial charge in [-0.05, 0) is 34.9 Å². The van der Waals surface area contributed by atoms with Crippen LogP contribution in [0.5, 0.6) is 0 Å². The van der Waals surface area contributed by atoms with E-state index in [1.54, 1.807) is 0 Å². The molecular formula is C31H11N7. The number of nitrogens with zero attached hydrogens (tertiary/aromatic N) is 7. The summed E-state index contributed by atoms with van der Waals surface area (Å²) in [4.78, 5) is 21.6. The van der Waals surface area contributed by atoms with Crippen LogP contribution in [0.3, 0.4) is 0 Å². The maximum absolute atomic E-state index is 9.65. The molecule has 170 valence electrons. The maximum atomic E-state index is 9.65. The molecule has 0 N–H and O–H groups in total. The molecule has 38 heavy (non-hydrogen) atoms. The first-order valence-corrected chi connectivity index (χ1v) is 11.6. The smallest absolute Gasteiger partial charge is 0.248 e. The van der Waals surface area contributed by atoms with E-state index in [1.165, 1.54) is 0 Å². The lowest BCUT2D eigenvalue weighted by Gasteiger charge is -2.08. The Morgan fingerprint density at radius 2 is 1.11 bits per heavy atom. The second kappa shape index (κ2) is 7.67. The lowest BCUT2D eigenvalue weighted by Crippen LogP contribution is -1.96. The van der Waals surface area contributed by atoms with Crippen LogP contribution in [-0.4, -0.2) is 15.0 Å². The van der Waals surface area contributed by atoms with Gasteiger partial charge in [0, 0.05) is 27.7 Å². The molecule has 7 nitrogen and oxygen atoms in total. The van der Waals surface area contributed by atoms with Crippen molar-refractivity contribution in [3.05, 3.63) is 123 Å². The molecule has 5 aromatic rings. The first-order valence-electron chi connectivity index (χ1n) is 11.6. The van der Waals surface area contributed by atoms with Crippen molar-refractivity contribution >= 4 is 33.1 Å². The number of aromatic nitrogens is 3. The quantitative estimate of drug-likeness (QED) is 0.139. The average molecular weight is 481 g/mol. The highest BCUT2D eigenvalue weighted by Gasteiger charge is 2.31. The third-order valence-corrected chi connectivity index (χ3v) is 6.92. The predicted octanol–water partition coefficient (Wildman–Crippen LogP) is 6.54. The number of allylic oxidation sites excluding steroid dienone is 2. The van der Waals surface area contributed by atoms with Crippen molar-refractivity contribution in [2.24, 2.45) is 0 Å². The molecule has 0 unspecified atom stereocenters. The van der Waals surface area contributed by atoms with Crippen molar-refractivity contribution in [1.29, 1.82) is 10.5 Å². The van der Waals surface area contributed by atoms with Crippen molar-refractivity contribution in [2.45, 2.75) is 0 Å². The third-order valence-electron chi connectivity index (χ3n) is 6.92. The number of benzene rings is 3. The van der Waals surface area contributed by atoms with E-state index in [1.807, 2.05) is 78.9 Å². The molecule has 2 aromatic heterocycles. The molecule has 0 bridgehead atoms. The zero-order chi connectivity index (χ0) is 26.0. The molecule has 2 aliphatic carbocycles. The van der Waals surface area contributed by atoms with Crippen LogP contribution in [0.25, 0.3) is 65.2 Å². The molecule has 0 radical (unpaired) electrons. The summed E-state index contributed by atoms with van der Waals surface area (Å²) in [6.07, 6.45) is 0. The summed E-state index contributed by atoms with van der Waals surface area (Å²) in [5.41, 5.74) is 8.84. The van der Waals surface area contributed by atoms with Crippen molar-refractivity contribution in [1.82, 2.24) is 15.0 Å². The number of pyridine rings is 1. The van der Waals surface area contributed by atoms with Gasteiger partial charge in [-0.1, -0.05) is 48.5 Å². The summed E-state index contributed by atoms with van der Waals surface area (Å²) in [5, 5.41) is 20.1. The second-order valence-electron chi connectivity index (χ2n) is 8.82. The summed E-state index contributed by atoms with van der Waals surface area (Å²) in [6, 6.07) is 25.0. The van der Waals surface area contributed by atoms with Crippen LogP contribution in [0.2, 0.25) is 0 Å². The van der Waals surface area contributed by atoms with Gasteiger partial charge in [0.1, 0.15) is 0 Å². The molecule has 0 atom stereocenters. The highest BCUT2D eigenvalue weighted by Crippen LogP contribution is 2.47. The van der Waals surface area contributed by atoms with Gasteiger partial charge in [-0.3, -0.25) is 0 Å².